The van der Waals surface area contributed by atoms with Crippen molar-refractivity contribution in [2.45, 2.75) is 26.2 Å². The van der Waals surface area contributed by atoms with E-state index in [-0.39, 0.29) is 0 Å². The maximum Gasteiger partial charge on any atom is 0.00832 e. The van der Waals surface area contributed by atoms with E-state index in [2.05, 4.69) is 13.0 Å². The van der Waals surface area contributed by atoms with Gasteiger partial charge in [0.25, 0.3) is 0 Å². The Balaban J connectivity index is 2.22. The summed E-state index contributed by atoms with van der Waals surface area (Å²) in [5.41, 5.74) is 7.26. The molecule has 0 amide bonds. The minimum atomic E-state index is 0.746. The molecule has 1 aliphatic rings. The summed E-state index contributed by atoms with van der Waals surface area (Å²) in [7, 11) is 0. The number of hydrogen-bond acceptors (Lipinski definition) is 2. The van der Waals surface area contributed by atoms with Crippen LogP contribution in [0.2, 0.25) is 0 Å². The first kappa shape index (κ1) is 8.27. The van der Waals surface area contributed by atoms with Crippen LogP contribution in [0.5, 0.6) is 0 Å². The Morgan fingerprint density at radius 1 is 1.67 bits per heavy atom. The van der Waals surface area contributed by atoms with Gasteiger partial charge in [-0.15, -0.1) is 11.3 Å². The summed E-state index contributed by atoms with van der Waals surface area (Å²) in [6.45, 7) is 3.05. The van der Waals surface area contributed by atoms with Gasteiger partial charge in [0.1, 0.15) is 0 Å². The van der Waals surface area contributed by atoms with Gasteiger partial charge in [-0.2, -0.15) is 0 Å². The fraction of sp³-hybridized carbons (Fsp3) is 0.600. The first-order chi connectivity index (χ1) is 5.79. The molecule has 1 atom stereocenters. The highest BCUT2D eigenvalue weighted by molar-refractivity contribution is 7.12. The second kappa shape index (κ2) is 3.19. The number of hydrogen-bond donors (Lipinski definition) is 1. The summed E-state index contributed by atoms with van der Waals surface area (Å²) >= 11 is 1.95. The molecule has 2 N–H and O–H groups in total. The van der Waals surface area contributed by atoms with Crippen LogP contribution in [-0.4, -0.2) is 6.54 Å². The molecular weight excluding hydrogens is 166 g/mol. The summed E-state index contributed by atoms with van der Waals surface area (Å²) < 4.78 is 0. The zero-order valence-corrected chi connectivity index (χ0v) is 8.29. The Kier molecular flexibility index (Phi) is 2.20. The molecule has 1 nitrogen and oxygen atoms in total. The van der Waals surface area contributed by atoms with Crippen molar-refractivity contribution < 1.29 is 0 Å². The van der Waals surface area contributed by atoms with Crippen LogP contribution in [0.1, 0.15) is 21.7 Å². The Morgan fingerprint density at radius 2 is 2.50 bits per heavy atom. The molecule has 1 aromatic heterocycles. The lowest BCUT2D eigenvalue weighted by Crippen LogP contribution is -2.20. The summed E-state index contributed by atoms with van der Waals surface area (Å²) in [5, 5.41) is 0. The zero-order chi connectivity index (χ0) is 8.55. The summed E-state index contributed by atoms with van der Waals surface area (Å²) in [5.74, 6) is 0.746. The average molecular weight is 181 g/mol. The van der Waals surface area contributed by atoms with E-state index in [4.69, 9.17) is 5.73 Å². The largest absolute Gasteiger partial charge is 0.330 e. The smallest absolute Gasteiger partial charge is 0.00832 e. The van der Waals surface area contributed by atoms with E-state index in [1.807, 2.05) is 11.3 Å². The van der Waals surface area contributed by atoms with Crippen molar-refractivity contribution in [1.82, 2.24) is 0 Å². The molecule has 0 spiro atoms. The molecule has 12 heavy (non-hydrogen) atoms. The molecule has 0 saturated heterocycles. The van der Waals surface area contributed by atoms with Crippen molar-refractivity contribution in [3.63, 3.8) is 0 Å². The number of nitrogens with two attached hydrogens (primary N) is 1. The SMILES string of the molecule is Cc1cc2c(s1)CC(CN)CC2. The first-order valence-corrected chi connectivity index (χ1v) is 5.39. The molecule has 0 bridgehead atoms. The van der Waals surface area contributed by atoms with E-state index >= 15 is 0 Å². The standard InChI is InChI=1S/C10H15NS/c1-7-4-9-3-2-8(6-11)5-10(9)12-7/h4,8H,2-3,5-6,11H2,1H3. The predicted octanol–water partition coefficient (Wildman–Crippen LogP) is 2.12. The Bertz CT molecular complexity index is 277. The Morgan fingerprint density at radius 3 is 3.25 bits per heavy atom. The van der Waals surface area contributed by atoms with Gasteiger partial charge in [-0.25, -0.2) is 0 Å². The maximum absolute atomic E-state index is 5.67. The van der Waals surface area contributed by atoms with Gasteiger partial charge in [0.05, 0.1) is 0 Å². The van der Waals surface area contributed by atoms with Crippen LogP contribution in [0.4, 0.5) is 0 Å². The van der Waals surface area contributed by atoms with E-state index in [0.717, 1.165) is 12.5 Å². The molecule has 0 aromatic carbocycles. The Labute approximate surface area is 77.6 Å². The van der Waals surface area contributed by atoms with Gasteiger partial charge in [0.2, 0.25) is 0 Å². The lowest BCUT2D eigenvalue weighted by atomic mass is 9.89. The molecule has 1 heterocycles. The van der Waals surface area contributed by atoms with Crippen LogP contribution in [0, 0.1) is 12.8 Å². The van der Waals surface area contributed by atoms with Crippen molar-refractivity contribution in [1.29, 1.82) is 0 Å². The second-order valence-corrected chi connectivity index (χ2v) is 4.99. The van der Waals surface area contributed by atoms with Crippen LogP contribution in [0.25, 0.3) is 0 Å². The van der Waals surface area contributed by atoms with Gasteiger partial charge in [-0.05, 0) is 50.3 Å². The molecule has 1 aromatic rings. The van der Waals surface area contributed by atoms with Crippen molar-refractivity contribution in [2.24, 2.45) is 11.7 Å². The summed E-state index contributed by atoms with van der Waals surface area (Å²) in [6, 6.07) is 2.34. The van der Waals surface area contributed by atoms with Gasteiger partial charge in [0, 0.05) is 9.75 Å². The normalized spacial score (nSPS) is 22.3. The monoisotopic (exact) mass is 181 g/mol. The van der Waals surface area contributed by atoms with Crippen LogP contribution in [0.3, 0.4) is 0 Å². The van der Waals surface area contributed by atoms with Gasteiger partial charge in [-0.1, -0.05) is 0 Å². The van der Waals surface area contributed by atoms with Gasteiger partial charge in [0.15, 0.2) is 0 Å². The van der Waals surface area contributed by atoms with Crippen LogP contribution in [-0.2, 0) is 12.8 Å². The first-order valence-electron chi connectivity index (χ1n) is 4.58. The highest BCUT2D eigenvalue weighted by atomic mass is 32.1. The second-order valence-electron chi connectivity index (χ2n) is 3.65. The minimum absolute atomic E-state index is 0.746. The number of aryl methyl sites for hydroxylation is 2. The third-order valence-electron chi connectivity index (χ3n) is 2.65. The fourth-order valence-corrected chi connectivity index (χ4v) is 3.13. The molecular formula is C10H15NS. The van der Waals surface area contributed by atoms with Crippen LogP contribution in [0.15, 0.2) is 6.07 Å². The topological polar surface area (TPSA) is 26.0 Å². The number of rotatable bonds is 1. The van der Waals surface area contributed by atoms with Crippen molar-refractivity contribution in [3.05, 3.63) is 21.4 Å². The van der Waals surface area contributed by atoms with Crippen LogP contribution >= 0.6 is 11.3 Å². The summed E-state index contributed by atoms with van der Waals surface area (Å²) in [6.07, 6.45) is 3.77. The lowest BCUT2D eigenvalue weighted by Gasteiger charge is -2.19. The maximum atomic E-state index is 5.67. The molecule has 0 fully saturated rings. The number of fused-ring (bicyclic) bond motifs is 1. The van der Waals surface area contributed by atoms with E-state index < -0.39 is 0 Å². The number of thiophene rings is 1. The molecule has 1 unspecified atom stereocenters. The molecule has 2 heteroatoms. The van der Waals surface area contributed by atoms with E-state index in [1.54, 1.807) is 10.4 Å². The molecule has 66 valence electrons. The van der Waals surface area contributed by atoms with E-state index in [1.165, 1.54) is 24.1 Å². The molecule has 0 saturated carbocycles. The molecule has 0 radical (unpaired) electrons. The van der Waals surface area contributed by atoms with E-state index in [0.29, 0.717) is 0 Å². The van der Waals surface area contributed by atoms with E-state index in [9.17, 15) is 0 Å². The lowest BCUT2D eigenvalue weighted by molar-refractivity contribution is 0.474. The fourth-order valence-electron chi connectivity index (χ4n) is 1.92. The third kappa shape index (κ3) is 1.41. The van der Waals surface area contributed by atoms with Gasteiger partial charge in [-0.3, -0.25) is 0 Å². The van der Waals surface area contributed by atoms with Gasteiger partial charge >= 0.3 is 0 Å². The Hall–Kier alpha value is -0.340. The third-order valence-corrected chi connectivity index (χ3v) is 3.76. The van der Waals surface area contributed by atoms with Crippen molar-refractivity contribution >= 4 is 11.3 Å². The minimum Gasteiger partial charge on any atom is -0.330 e. The molecule has 2 rings (SSSR count). The quantitative estimate of drug-likeness (QED) is 0.705. The summed E-state index contributed by atoms with van der Waals surface area (Å²) in [4.78, 5) is 3.05. The van der Waals surface area contributed by atoms with Crippen molar-refractivity contribution in [2.75, 3.05) is 6.54 Å². The molecule has 1 aliphatic carbocycles. The van der Waals surface area contributed by atoms with Crippen molar-refractivity contribution in [3.8, 4) is 0 Å². The van der Waals surface area contributed by atoms with Gasteiger partial charge < -0.3 is 5.73 Å². The molecule has 0 aliphatic heterocycles. The highest BCUT2D eigenvalue weighted by Crippen LogP contribution is 2.31. The highest BCUT2D eigenvalue weighted by Gasteiger charge is 2.18. The predicted molar refractivity (Wildman–Crippen MR) is 53.6 cm³/mol. The van der Waals surface area contributed by atoms with Crippen LogP contribution < -0.4 is 5.73 Å². The zero-order valence-electron chi connectivity index (χ0n) is 7.47. The average Bonchev–Trinajstić information content (AvgIpc) is 2.43.